The third kappa shape index (κ3) is 3.83. The van der Waals surface area contributed by atoms with Gasteiger partial charge in [0, 0.05) is 19.3 Å². The molecular weight excluding hydrogens is 418 g/mol. The summed E-state index contributed by atoms with van der Waals surface area (Å²) in [4.78, 5) is 30.4. The molecule has 0 radical (unpaired) electrons. The van der Waals surface area contributed by atoms with Gasteiger partial charge in [0.05, 0.1) is 19.2 Å². The van der Waals surface area contributed by atoms with Crippen molar-refractivity contribution in [3.8, 4) is 5.75 Å². The van der Waals surface area contributed by atoms with E-state index in [1.807, 2.05) is 13.8 Å². The summed E-state index contributed by atoms with van der Waals surface area (Å²) in [6, 6.07) is 7.89. The molecule has 0 unspecified atom stereocenters. The Morgan fingerprint density at radius 2 is 1.81 bits per heavy atom. The maximum atomic E-state index is 13.4. The second-order valence-electron chi connectivity index (χ2n) is 8.35. The Bertz CT molecular complexity index is 1100. The third-order valence-electron chi connectivity index (χ3n) is 5.75. The number of methoxy groups -OCH3 is 1. The normalized spacial score (nSPS) is 22.0. The zero-order valence-electron chi connectivity index (χ0n) is 17.7. The fraction of sp³-hybridized carbons (Fsp3) is 0.409. The molecule has 0 aliphatic carbocycles. The molecule has 1 aromatic carbocycles. The number of aromatic nitrogens is 1. The van der Waals surface area contributed by atoms with Crippen molar-refractivity contribution in [1.29, 1.82) is 0 Å². The number of hydrogen-bond acceptors (Lipinski definition) is 6. The lowest BCUT2D eigenvalue weighted by atomic mass is 9.94. The number of piperidine rings is 1. The first kappa shape index (κ1) is 21.5. The molecule has 2 amide bonds. The van der Waals surface area contributed by atoms with Crippen LogP contribution in [0.1, 0.15) is 46.7 Å². The maximum absolute atomic E-state index is 13.4. The van der Waals surface area contributed by atoms with Crippen LogP contribution in [0.4, 0.5) is 0 Å². The van der Waals surface area contributed by atoms with Gasteiger partial charge >= 0.3 is 0 Å². The molecular formula is C22H25N3O5S. The van der Waals surface area contributed by atoms with Crippen LogP contribution in [-0.2, 0) is 16.6 Å². The van der Waals surface area contributed by atoms with Crippen LogP contribution < -0.4 is 4.74 Å². The molecule has 9 heteroatoms. The molecule has 2 aliphatic heterocycles. The molecule has 1 aromatic heterocycles. The van der Waals surface area contributed by atoms with E-state index in [4.69, 9.17) is 4.74 Å². The predicted molar refractivity (Wildman–Crippen MR) is 113 cm³/mol. The molecule has 8 nitrogen and oxygen atoms in total. The van der Waals surface area contributed by atoms with Gasteiger partial charge in [-0.25, -0.2) is 8.42 Å². The van der Waals surface area contributed by atoms with Crippen LogP contribution in [0, 0.1) is 11.8 Å². The van der Waals surface area contributed by atoms with Crippen LogP contribution >= 0.6 is 0 Å². The Morgan fingerprint density at radius 1 is 1.10 bits per heavy atom. The van der Waals surface area contributed by atoms with Crippen molar-refractivity contribution in [3.63, 3.8) is 0 Å². The molecule has 2 aromatic rings. The number of nitrogens with zero attached hydrogens (tertiary/aromatic N) is 3. The fourth-order valence-electron chi connectivity index (χ4n) is 4.40. The fourth-order valence-corrected chi connectivity index (χ4v) is 6.29. The number of hydrogen-bond donors (Lipinski definition) is 0. The van der Waals surface area contributed by atoms with Crippen molar-refractivity contribution in [1.82, 2.24) is 14.2 Å². The van der Waals surface area contributed by atoms with Crippen LogP contribution in [0.25, 0.3) is 0 Å². The van der Waals surface area contributed by atoms with Gasteiger partial charge in [-0.1, -0.05) is 19.9 Å². The second kappa shape index (κ2) is 8.05. The van der Waals surface area contributed by atoms with Crippen LogP contribution in [0.2, 0.25) is 0 Å². The van der Waals surface area contributed by atoms with Gasteiger partial charge in [0.25, 0.3) is 11.8 Å². The lowest BCUT2D eigenvalue weighted by molar-refractivity contribution is 0.0640. The van der Waals surface area contributed by atoms with Gasteiger partial charge in [-0.3, -0.25) is 19.5 Å². The number of sulfonamides is 1. The van der Waals surface area contributed by atoms with Gasteiger partial charge in [0.2, 0.25) is 10.0 Å². The number of carbonyl (C=O) groups excluding carboxylic acids is 2. The van der Waals surface area contributed by atoms with Crippen LogP contribution in [0.15, 0.2) is 41.4 Å². The topological polar surface area (TPSA) is 96.9 Å². The number of amides is 2. The zero-order chi connectivity index (χ0) is 22.3. The average molecular weight is 444 g/mol. The molecule has 0 spiro atoms. The molecule has 0 bridgehead atoms. The summed E-state index contributed by atoms with van der Waals surface area (Å²) < 4.78 is 33.7. The largest absolute Gasteiger partial charge is 0.495 e. The maximum Gasteiger partial charge on any atom is 0.280 e. The first-order chi connectivity index (χ1) is 14.7. The molecule has 2 aliphatic rings. The monoisotopic (exact) mass is 443 g/mol. The van der Waals surface area contributed by atoms with Crippen molar-refractivity contribution in [2.24, 2.45) is 11.8 Å². The van der Waals surface area contributed by atoms with E-state index in [9.17, 15) is 18.0 Å². The Labute approximate surface area is 181 Å². The summed E-state index contributed by atoms with van der Waals surface area (Å²) in [6.45, 7) is 4.94. The summed E-state index contributed by atoms with van der Waals surface area (Å²) in [6.07, 6.45) is 2.45. The lowest BCUT2D eigenvalue weighted by Crippen LogP contribution is -2.42. The van der Waals surface area contributed by atoms with Gasteiger partial charge in [-0.2, -0.15) is 4.31 Å². The number of benzene rings is 1. The predicted octanol–water partition coefficient (Wildman–Crippen LogP) is 2.55. The number of carbonyl (C=O) groups is 2. The highest BCUT2D eigenvalue weighted by atomic mass is 32.2. The van der Waals surface area contributed by atoms with Crippen molar-refractivity contribution >= 4 is 21.8 Å². The standard InChI is InChI=1S/C22H25N3O5S/c1-14-9-15(2)12-24(11-14)31(28,29)19-10-16(6-7-18(19)30-3)13-25-21(26)17-5-4-8-23-20(17)22(25)27/h4-8,10,14-15H,9,11-13H2,1-3H3/t14-,15-/m1/s1. The minimum Gasteiger partial charge on any atom is -0.495 e. The number of pyridine rings is 1. The molecule has 0 N–H and O–H groups in total. The molecule has 1 fully saturated rings. The summed E-state index contributed by atoms with van der Waals surface area (Å²) in [7, 11) is -2.38. The van der Waals surface area contributed by atoms with Crippen molar-refractivity contribution in [2.75, 3.05) is 20.2 Å². The quantitative estimate of drug-likeness (QED) is 0.659. The number of rotatable bonds is 5. The third-order valence-corrected chi connectivity index (χ3v) is 7.61. The first-order valence-corrected chi connectivity index (χ1v) is 11.6. The molecule has 3 heterocycles. The van der Waals surface area contributed by atoms with Gasteiger partial charge in [-0.15, -0.1) is 0 Å². The molecule has 0 saturated carbocycles. The highest BCUT2D eigenvalue weighted by molar-refractivity contribution is 7.89. The van der Waals surface area contributed by atoms with Gasteiger partial charge in [-0.05, 0) is 48.1 Å². The van der Waals surface area contributed by atoms with Crippen molar-refractivity contribution in [3.05, 3.63) is 53.3 Å². The summed E-state index contributed by atoms with van der Waals surface area (Å²) >= 11 is 0. The summed E-state index contributed by atoms with van der Waals surface area (Å²) in [5, 5.41) is 0. The van der Waals surface area contributed by atoms with E-state index in [2.05, 4.69) is 4.98 Å². The second-order valence-corrected chi connectivity index (χ2v) is 10.3. The van der Waals surface area contributed by atoms with Crippen molar-refractivity contribution < 1.29 is 22.7 Å². The SMILES string of the molecule is COc1ccc(CN2C(=O)c3cccnc3C2=O)cc1S(=O)(=O)N1C[C@H](C)C[C@@H](C)C1. The summed E-state index contributed by atoms with van der Waals surface area (Å²) in [5.41, 5.74) is 0.891. The molecule has 1 saturated heterocycles. The van der Waals surface area contributed by atoms with Crippen LogP contribution in [0.5, 0.6) is 5.75 Å². The van der Waals surface area contributed by atoms with E-state index < -0.39 is 21.8 Å². The molecule has 4 rings (SSSR count). The first-order valence-electron chi connectivity index (χ1n) is 10.2. The number of imide groups is 1. The van der Waals surface area contributed by atoms with E-state index in [0.29, 0.717) is 18.7 Å². The minimum absolute atomic E-state index is 0.0449. The van der Waals surface area contributed by atoms with E-state index >= 15 is 0 Å². The average Bonchev–Trinajstić information content (AvgIpc) is 2.98. The van der Waals surface area contributed by atoms with Gasteiger partial charge in [0.15, 0.2) is 0 Å². The Morgan fingerprint density at radius 3 is 2.45 bits per heavy atom. The van der Waals surface area contributed by atoms with Crippen molar-refractivity contribution in [2.45, 2.75) is 31.7 Å². The smallest absolute Gasteiger partial charge is 0.280 e. The number of fused-ring (bicyclic) bond motifs is 1. The highest BCUT2D eigenvalue weighted by Crippen LogP contribution is 2.33. The molecule has 31 heavy (non-hydrogen) atoms. The highest BCUT2D eigenvalue weighted by Gasteiger charge is 2.37. The van der Waals surface area contributed by atoms with E-state index in [1.165, 1.54) is 23.7 Å². The Hall–Kier alpha value is -2.78. The Kier molecular flexibility index (Phi) is 5.57. The van der Waals surface area contributed by atoms with Crippen LogP contribution in [-0.4, -0.2) is 54.6 Å². The van der Waals surface area contributed by atoms with Gasteiger partial charge in [0.1, 0.15) is 16.3 Å². The summed E-state index contributed by atoms with van der Waals surface area (Å²) in [5.74, 6) is -0.165. The number of ether oxygens (including phenoxy) is 1. The van der Waals surface area contributed by atoms with Crippen LogP contribution in [0.3, 0.4) is 0 Å². The molecule has 164 valence electrons. The minimum atomic E-state index is -3.80. The van der Waals surface area contributed by atoms with E-state index in [1.54, 1.807) is 24.3 Å². The zero-order valence-corrected chi connectivity index (χ0v) is 18.6. The van der Waals surface area contributed by atoms with E-state index in [-0.39, 0.29) is 40.3 Å². The van der Waals surface area contributed by atoms with Gasteiger partial charge < -0.3 is 4.74 Å². The van der Waals surface area contributed by atoms with E-state index in [0.717, 1.165) is 11.3 Å². The molecule has 2 atom stereocenters. The Balaban J connectivity index is 1.66. The lowest BCUT2D eigenvalue weighted by Gasteiger charge is -2.34.